The van der Waals surface area contributed by atoms with E-state index in [1.54, 1.807) is 0 Å². The lowest BCUT2D eigenvalue weighted by atomic mass is 9.87. The molecule has 0 N–H and O–H groups in total. The lowest BCUT2D eigenvalue weighted by molar-refractivity contribution is -0.123. The molecule has 0 unspecified atom stereocenters. The largest absolute Gasteiger partial charge is 0.373 e. The maximum absolute atomic E-state index is 12.8. The molecule has 1 aromatic rings. The van der Waals surface area contributed by atoms with Crippen molar-refractivity contribution < 1.29 is 14.3 Å². The van der Waals surface area contributed by atoms with Crippen LogP contribution in [0.5, 0.6) is 0 Å². The minimum atomic E-state index is -1.07. The Morgan fingerprint density at radius 2 is 2.21 bits per heavy atom. The van der Waals surface area contributed by atoms with Crippen molar-refractivity contribution in [2.75, 3.05) is 18.1 Å². The molecule has 19 heavy (non-hydrogen) atoms. The van der Waals surface area contributed by atoms with E-state index in [4.69, 9.17) is 4.74 Å². The smallest absolute Gasteiger partial charge is 0.200 e. The number of ether oxygens (including phenoxy) is 1. The van der Waals surface area contributed by atoms with Crippen LogP contribution in [0.1, 0.15) is 23.2 Å². The summed E-state index contributed by atoms with van der Waals surface area (Å²) < 4.78 is 6.57. The van der Waals surface area contributed by atoms with Gasteiger partial charge < -0.3 is 9.64 Å². The fraction of sp³-hybridized carbons (Fsp3) is 0.429. The molecule has 0 amide bonds. The monoisotopic (exact) mass is 321 g/mol. The number of fused-ring (bicyclic) bond motifs is 2. The zero-order valence-corrected chi connectivity index (χ0v) is 11.8. The maximum atomic E-state index is 12.8. The third-order valence-corrected chi connectivity index (χ3v) is 4.92. The summed E-state index contributed by atoms with van der Waals surface area (Å²) in [5.41, 5.74) is 0.443. The maximum Gasteiger partial charge on any atom is 0.200 e. The third-order valence-electron chi connectivity index (χ3n) is 4.42. The number of morpholine rings is 1. The van der Waals surface area contributed by atoms with E-state index in [0.717, 1.165) is 10.2 Å². The molecule has 4 rings (SSSR count). The second-order valence-corrected chi connectivity index (χ2v) is 6.15. The quantitative estimate of drug-likeness (QED) is 0.685. The number of anilines is 1. The number of halogens is 1. The van der Waals surface area contributed by atoms with Gasteiger partial charge in [0.1, 0.15) is 0 Å². The predicted octanol–water partition coefficient (Wildman–Crippen LogP) is 1.95. The minimum Gasteiger partial charge on any atom is -0.373 e. The van der Waals surface area contributed by atoms with Crippen molar-refractivity contribution in [2.24, 2.45) is 0 Å². The van der Waals surface area contributed by atoms with Crippen LogP contribution in [-0.2, 0) is 9.53 Å². The minimum absolute atomic E-state index is 0.00882. The van der Waals surface area contributed by atoms with Gasteiger partial charge in [-0.05, 0) is 24.6 Å². The molecule has 1 saturated heterocycles. The highest BCUT2D eigenvalue weighted by Gasteiger charge is 2.65. The van der Waals surface area contributed by atoms with Gasteiger partial charge in [0.05, 0.1) is 12.7 Å². The Morgan fingerprint density at radius 3 is 3.05 bits per heavy atom. The molecule has 98 valence electrons. The lowest BCUT2D eigenvalue weighted by Crippen LogP contribution is -2.64. The average Bonchev–Trinajstić information content (AvgIpc) is 2.88. The summed E-state index contributed by atoms with van der Waals surface area (Å²) in [5.74, 6) is -0.0782. The second-order valence-electron chi connectivity index (χ2n) is 5.23. The SMILES string of the molecule is O=C1CC[C@H]2OCCN3c4ccc(Br)cc4C(=O)[C@]123. The number of nitrogens with zero attached hydrogens (tertiary/aromatic N) is 1. The third kappa shape index (κ3) is 1.23. The molecule has 3 aliphatic rings. The van der Waals surface area contributed by atoms with Crippen LogP contribution in [0.25, 0.3) is 0 Å². The van der Waals surface area contributed by atoms with Gasteiger partial charge in [-0.3, -0.25) is 9.59 Å². The van der Waals surface area contributed by atoms with Crippen LogP contribution in [0.4, 0.5) is 5.69 Å². The number of carbonyl (C=O) groups is 2. The predicted molar refractivity (Wildman–Crippen MR) is 72.5 cm³/mol. The molecule has 1 aromatic carbocycles. The summed E-state index contributed by atoms with van der Waals surface area (Å²) in [6.45, 7) is 1.17. The van der Waals surface area contributed by atoms with Crippen LogP contribution in [0.3, 0.4) is 0 Å². The molecule has 0 bridgehead atoms. The summed E-state index contributed by atoms with van der Waals surface area (Å²) in [6.07, 6.45) is 0.797. The van der Waals surface area contributed by atoms with Crippen molar-refractivity contribution in [3.8, 4) is 0 Å². The standard InChI is InChI=1S/C14H12BrNO3/c15-8-1-2-10-9(7-8)13(18)14-11(17)3-4-12(14)19-6-5-16(10)14/h1-2,7,12H,3-6H2/t12-,14+/m1/s1. The number of carbonyl (C=O) groups excluding carboxylic acids is 2. The molecule has 0 aromatic heterocycles. The number of hydrogen-bond donors (Lipinski definition) is 0. The van der Waals surface area contributed by atoms with Crippen molar-refractivity contribution in [1.29, 1.82) is 0 Å². The van der Waals surface area contributed by atoms with E-state index in [0.29, 0.717) is 31.6 Å². The molecule has 5 heteroatoms. The van der Waals surface area contributed by atoms with E-state index >= 15 is 0 Å². The summed E-state index contributed by atoms with van der Waals surface area (Å²) in [7, 11) is 0. The number of benzene rings is 1. The van der Waals surface area contributed by atoms with Gasteiger partial charge in [-0.2, -0.15) is 0 Å². The van der Waals surface area contributed by atoms with Crippen LogP contribution in [0, 0.1) is 0 Å². The van der Waals surface area contributed by atoms with Crippen molar-refractivity contribution in [1.82, 2.24) is 0 Å². The van der Waals surface area contributed by atoms with E-state index < -0.39 is 5.54 Å². The van der Waals surface area contributed by atoms with E-state index in [1.807, 2.05) is 23.1 Å². The first-order valence-corrected chi connectivity index (χ1v) is 7.22. The Kier molecular flexibility index (Phi) is 2.24. The number of Topliss-reactive ketones (excluding diaryl/α,β-unsaturated/α-hetero) is 2. The van der Waals surface area contributed by atoms with Gasteiger partial charge in [0.25, 0.3) is 0 Å². The Bertz CT molecular complexity index is 615. The molecule has 4 nitrogen and oxygen atoms in total. The summed E-state index contributed by atoms with van der Waals surface area (Å²) in [4.78, 5) is 27.2. The van der Waals surface area contributed by atoms with Gasteiger partial charge >= 0.3 is 0 Å². The molecule has 2 fully saturated rings. The van der Waals surface area contributed by atoms with E-state index in [9.17, 15) is 9.59 Å². The summed E-state index contributed by atoms with van der Waals surface area (Å²) in [6, 6.07) is 5.64. The molecule has 1 saturated carbocycles. The Labute approximate surface area is 118 Å². The zero-order chi connectivity index (χ0) is 13.2. The van der Waals surface area contributed by atoms with Crippen LogP contribution in [0.2, 0.25) is 0 Å². The summed E-state index contributed by atoms with van der Waals surface area (Å²) >= 11 is 3.39. The van der Waals surface area contributed by atoms with Crippen molar-refractivity contribution in [3.63, 3.8) is 0 Å². The molecule has 2 aliphatic heterocycles. The molecule has 2 heterocycles. The van der Waals surface area contributed by atoms with Gasteiger partial charge in [0.15, 0.2) is 11.3 Å². The topological polar surface area (TPSA) is 46.6 Å². The Morgan fingerprint density at radius 1 is 1.37 bits per heavy atom. The highest BCUT2D eigenvalue weighted by atomic mass is 79.9. The van der Waals surface area contributed by atoms with Crippen molar-refractivity contribution in [2.45, 2.75) is 24.5 Å². The zero-order valence-electron chi connectivity index (χ0n) is 10.2. The van der Waals surface area contributed by atoms with Gasteiger partial charge in [0.2, 0.25) is 5.78 Å². The molecule has 0 radical (unpaired) electrons. The highest BCUT2D eigenvalue weighted by Crippen LogP contribution is 2.49. The average molecular weight is 322 g/mol. The summed E-state index contributed by atoms with van der Waals surface area (Å²) in [5, 5.41) is 0. The van der Waals surface area contributed by atoms with Crippen LogP contribution >= 0.6 is 15.9 Å². The van der Waals surface area contributed by atoms with Crippen molar-refractivity contribution >= 4 is 33.2 Å². The normalized spacial score (nSPS) is 32.3. The first-order chi connectivity index (χ1) is 9.15. The van der Waals surface area contributed by atoms with Gasteiger partial charge in [-0.1, -0.05) is 15.9 Å². The Balaban J connectivity index is 1.98. The van der Waals surface area contributed by atoms with E-state index in [1.165, 1.54) is 0 Å². The molecular weight excluding hydrogens is 310 g/mol. The highest BCUT2D eigenvalue weighted by molar-refractivity contribution is 9.10. The van der Waals surface area contributed by atoms with Gasteiger partial charge in [0, 0.05) is 28.7 Å². The number of hydrogen-bond acceptors (Lipinski definition) is 4. The molecule has 2 atom stereocenters. The lowest BCUT2D eigenvalue weighted by Gasteiger charge is -2.42. The molecular formula is C14H12BrNO3. The first-order valence-electron chi connectivity index (χ1n) is 6.42. The first kappa shape index (κ1) is 11.6. The van der Waals surface area contributed by atoms with Crippen LogP contribution in [0.15, 0.2) is 22.7 Å². The molecule has 1 aliphatic carbocycles. The Hall–Kier alpha value is -1.20. The number of ketones is 2. The second kappa shape index (κ2) is 3.67. The van der Waals surface area contributed by atoms with Crippen molar-refractivity contribution in [3.05, 3.63) is 28.2 Å². The van der Waals surface area contributed by atoms with E-state index in [-0.39, 0.29) is 17.7 Å². The van der Waals surface area contributed by atoms with Crippen LogP contribution in [-0.4, -0.2) is 36.4 Å². The van der Waals surface area contributed by atoms with E-state index in [2.05, 4.69) is 15.9 Å². The van der Waals surface area contributed by atoms with Gasteiger partial charge in [-0.15, -0.1) is 0 Å². The van der Waals surface area contributed by atoms with Gasteiger partial charge in [-0.25, -0.2) is 0 Å². The fourth-order valence-electron chi connectivity index (χ4n) is 3.67. The molecule has 1 spiro atoms. The fourth-order valence-corrected chi connectivity index (χ4v) is 4.03. The number of rotatable bonds is 0. The van der Waals surface area contributed by atoms with Crippen LogP contribution < -0.4 is 4.90 Å².